The number of rotatable bonds is 3. The SMILES string of the molecule is C.C.C.CCC.CCC.CCC.CCC.CCC.CCC.CCC1Cc2ccccc2C[N-]1.CCn1[c-]cc2ccccc21.CCn1[c-]nc2ccccc21.[CH2-]C.[CH2-]C.[CH2-]C.[Tc].[Tc].[Tc]. The summed E-state index contributed by atoms with van der Waals surface area (Å²) in [5.74, 6) is 0. The Bertz CT molecular complexity index is 1340. The maximum atomic E-state index is 4.59. The molecule has 0 saturated heterocycles. The first kappa shape index (κ1) is 92.8. The van der Waals surface area contributed by atoms with Crippen LogP contribution in [0.3, 0.4) is 0 Å². The van der Waals surface area contributed by atoms with Gasteiger partial charge < -0.3 is 40.2 Å². The average Bonchev–Trinajstić information content (AvgIpc) is 3.89. The van der Waals surface area contributed by atoms with Gasteiger partial charge in [-0.3, -0.25) is 0 Å². The topological polar surface area (TPSA) is 36.9 Å². The zero-order valence-electron chi connectivity index (χ0n) is 42.9. The van der Waals surface area contributed by atoms with Crippen molar-refractivity contribution in [2.45, 2.75) is 224 Å². The third-order valence-corrected chi connectivity index (χ3v) is 6.26. The predicted molar refractivity (Wildman–Crippen MR) is 291 cm³/mol. The monoisotopic (exact) mass is 1140 g/mol. The fourth-order valence-corrected chi connectivity index (χ4v) is 4.26. The maximum Gasteiger partial charge on any atom is 0.00146 e. The molecule has 5 aromatic rings. The van der Waals surface area contributed by atoms with Crippen molar-refractivity contribution in [1.29, 1.82) is 0 Å². The summed E-state index contributed by atoms with van der Waals surface area (Å²) >= 11 is 0. The third kappa shape index (κ3) is 51.6. The summed E-state index contributed by atoms with van der Waals surface area (Å²) in [6.45, 7) is 49.8. The van der Waals surface area contributed by atoms with Gasteiger partial charge in [-0.1, -0.05) is 222 Å². The van der Waals surface area contributed by atoms with Gasteiger partial charge in [0, 0.05) is 66.6 Å². The van der Waals surface area contributed by atoms with Crippen molar-refractivity contribution in [3.05, 3.63) is 129 Å². The Hall–Kier alpha value is -1.42. The van der Waals surface area contributed by atoms with Gasteiger partial charge in [-0.15, -0.1) is 48.6 Å². The standard InChI is InChI=1S/C11H14N.C10H10N.C9H9N2.6C3H8.3C2H5.3CH4.3Tc/c1-2-11-7-9-5-3-4-6-10(9)8-12-11;1-2-11-8-7-9-5-3-4-6-10(9)11;1-2-11-7-10-8-5-3-4-6-9(8)11;6*1-3-2;3*1-2;;;;;;/h3-6,11H,2,7-8H2,1H3;3-7H,2H2,1H3;3-6H,2H2,1H3;6*3H2,1-2H3;3*1H2,2H3;3*1H4;;;/q3*-1;;;;;;;3*-1;;;;;;. The number of imidazole rings is 1. The minimum absolute atomic E-state index is 0. The Balaban J connectivity index is -0.0000000493. The molecule has 0 saturated carbocycles. The van der Waals surface area contributed by atoms with E-state index in [1.165, 1.54) is 67.0 Å². The van der Waals surface area contributed by atoms with E-state index in [0.717, 1.165) is 37.1 Å². The molecule has 0 fully saturated rings. The van der Waals surface area contributed by atoms with Gasteiger partial charge >= 0.3 is 0 Å². The van der Waals surface area contributed by atoms with Crippen molar-refractivity contribution in [2.24, 2.45) is 0 Å². The first-order valence-electron chi connectivity index (χ1n) is 22.9. The van der Waals surface area contributed by atoms with Gasteiger partial charge in [0.2, 0.25) is 0 Å². The van der Waals surface area contributed by atoms with Crippen LogP contribution in [-0.4, -0.2) is 20.2 Å². The zero-order chi connectivity index (χ0) is 46.0. The van der Waals surface area contributed by atoms with Crippen LogP contribution >= 0.6 is 0 Å². The van der Waals surface area contributed by atoms with Gasteiger partial charge in [0.15, 0.2) is 0 Å². The van der Waals surface area contributed by atoms with Crippen molar-refractivity contribution in [1.82, 2.24) is 14.1 Å². The second-order valence-corrected chi connectivity index (χ2v) is 12.6. The van der Waals surface area contributed by atoms with Crippen LogP contribution in [0.15, 0.2) is 78.9 Å². The molecule has 1 atom stereocenters. The van der Waals surface area contributed by atoms with Gasteiger partial charge in [0.05, 0.1) is 0 Å². The molecule has 0 aliphatic carbocycles. The molecule has 1 unspecified atom stereocenters. The zero-order valence-corrected chi connectivity index (χ0v) is 48.5. The summed E-state index contributed by atoms with van der Waals surface area (Å²) in [7, 11) is 0. The van der Waals surface area contributed by atoms with E-state index < -0.39 is 0 Å². The Labute approximate surface area is 445 Å². The molecular formula is C57H108N4Tc3-6. The van der Waals surface area contributed by atoms with E-state index in [9.17, 15) is 0 Å². The Morgan fingerprint density at radius 3 is 1.28 bits per heavy atom. The van der Waals surface area contributed by atoms with E-state index in [1.54, 1.807) is 20.8 Å². The molecule has 0 amide bonds. The molecule has 3 radical (unpaired) electrons. The maximum absolute atomic E-state index is 4.59. The fourth-order valence-electron chi connectivity index (χ4n) is 4.26. The number of nitrogens with zero attached hydrogens (tertiary/aromatic N) is 4. The predicted octanol–water partition coefficient (Wildman–Crippen LogP) is 20.1. The van der Waals surface area contributed by atoms with E-state index in [2.05, 4.69) is 207 Å². The minimum atomic E-state index is 0. The van der Waals surface area contributed by atoms with E-state index in [4.69, 9.17) is 0 Å². The van der Waals surface area contributed by atoms with Crippen molar-refractivity contribution in [2.75, 3.05) is 0 Å². The number of benzene rings is 3. The molecule has 1 aliphatic heterocycles. The van der Waals surface area contributed by atoms with Crippen LogP contribution in [0.2, 0.25) is 0 Å². The molecule has 0 N–H and O–H groups in total. The first-order chi connectivity index (χ1) is 28.2. The third-order valence-electron chi connectivity index (χ3n) is 6.26. The molecule has 0 spiro atoms. The van der Waals surface area contributed by atoms with Gasteiger partial charge in [0.25, 0.3) is 0 Å². The van der Waals surface area contributed by atoms with Crippen LogP contribution in [0, 0.1) is 33.3 Å². The summed E-state index contributed by atoms with van der Waals surface area (Å²) in [5.41, 5.74) is 6.38. The van der Waals surface area contributed by atoms with Crippen LogP contribution in [0.1, 0.15) is 203 Å². The van der Waals surface area contributed by atoms with Crippen molar-refractivity contribution < 1.29 is 60.3 Å². The molecule has 6 rings (SSSR count). The first-order valence-corrected chi connectivity index (χ1v) is 22.9. The van der Waals surface area contributed by atoms with Crippen LogP contribution in [0.4, 0.5) is 0 Å². The number of hydrogen-bond donors (Lipinski definition) is 0. The summed E-state index contributed by atoms with van der Waals surface area (Å²) in [6, 6.07) is 27.6. The largest absolute Gasteiger partial charge is 0.655 e. The number of fused-ring (bicyclic) bond motifs is 3. The van der Waals surface area contributed by atoms with E-state index in [0.29, 0.717) is 6.04 Å². The summed E-state index contributed by atoms with van der Waals surface area (Å²) in [4.78, 5) is 4.13. The second kappa shape index (κ2) is 78.7. The minimum Gasteiger partial charge on any atom is -0.655 e. The van der Waals surface area contributed by atoms with Crippen molar-refractivity contribution in [3.63, 3.8) is 0 Å². The normalized spacial score (nSPS) is 9.73. The molecule has 3 aromatic carbocycles. The Morgan fingerprint density at radius 2 is 0.875 bits per heavy atom. The number of para-hydroxylation sites is 3. The molecule has 7 heteroatoms. The quantitative estimate of drug-likeness (QED) is 0.166. The van der Waals surface area contributed by atoms with Crippen LogP contribution in [-0.2, 0) is 86.4 Å². The van der Waals surface area contributed by atoms with Crippen molar-refractivity contribution in [3.8, 4) is 0 Å². The van der Waals surface area contributed by atoms with E-state index in [-0.39, 0.29) is 82.6 Å². The number of hydrogen-bond acceptors (Lipinski definition) is 1. The van der Waals surface area contributed by atoms with Crippen LogP contribution in [0.25, 0.3) is 27.3 Å². The van der Waals surface area contributed by atoms with Gasteiger partial charge in [0.1, 0.15) is 0 Å². The fraction of sp³-hybridized carbons (Fsp3) is 0.579. The number of aryl methyl sites for hydroxylation is 2. The van der Waals surface area contributed by atoms with Crippen LogP contribution < -0.4 is 0 Å². The van der Waals surface area contributed by atoms with E-state index in [1.807, 2.05) is 28.8 Å². The molecule has 3 heterocycles. The molecule has 0 bridgehead atoms. The second-order valence-electron chi connectivity index (χ2n) is 12.6. The summed E-state index contributed by atoms with van der Waals surface area (Å²) in [6.07, 6.45) is 15.9. The molecule has 2 aromatic heterocycles. The Kier molecular flexibility index (Phi) is 114. The smallest absolute Gasteiger partial charge is 0.00146 e. The van der Waals surface area contributed by atoms with Gasteiger partial charge in [-0.25, -0.2) is 0 Å². The van der Waals surface area contributed by atoms with Gasteiger partial charge in [-0.05, 0) is 38.9 Å². The Morgan fingerprint density at radius 1 is 0.516 bits per heavy atom. The summed E-state index contributed by atoms with van der Waals surface area (Å²) in [5, 5.41) is 5.86. The molecule has 4 nitrogen and oxygen atoms in total. The summed E-state index contributed by atoms with van der Waals surface area (Å²) < 4.78 is 4.13. The average molecular weight is 1140 g/mol. The van der Waals surface area contributed by atoms with Gasteiger partial charge in [-0.2, -0.15) is 32.2 Å². The molecule has 64 heavy (non-hydrogen) atoms. The van der Waals surface area contributed by atoms with Crippen molar-refractivity contribution >= 4 is 21.9 Å². The molecule has 383 valence electrons. The molecular weight excluding hydrogens is 1030 g/mol. The number of aromatic nitrogens is 3. The van der Waals surface area contributed by atoms with E-state index >= 15 is 0 Å². The molecule has 1 aliphatic rings. The van der Waals surface area contributed by atoms with Crippen LogP contribution in [0.5, 0.6) is 0 Å².